The van der Waals surface area contributed by atoms with Crippen molar-refractivity contribution in [2.45, 2.75) is 96.1 Å². The zero-order valence-corrected chi connectivity index (χ0v) is 35.0. The van der Waals surface area contributed by atoms with E-state index in [2.05, 4.69) is 18.0 Å². The van der Waals surface area contributed by atoms with Crippen LogP contribution in [0.1, 0.15) is 87.8 Å². The van der Waals surface area contributed by atoms with Crippen molar-refractivity contribution in [3.63, 3.8) is 0 Å². The highest BCUT2D eigenvalue weighted by molar-refractivity contribution is 6.03. The van der Waals surface area contributed by atoms with Gasteiger partial charge in [0.1, 0.15) is 24.1 Å². The Kier molecular flexibility index (Phi) is 16.2. The number of carbonyl (C=O) groups excluding carboxylic acids is 2. The topological polar surface area (TPSA) is 148 Å². The second kappa shape index (κ2) is 21.9. The van der Waals surface area contributed by atoms with Gasteiger partial charge in [-0.15, -0.1) is 6.58 Å². The first kappa shape index (κ1) is 44.4. The number of oxime groups is 1. The summed E-state index contributed by atoms with van der Waals surface area (Å²) >= 11 is 0. The van der Waals surface area contributed by atoms with Crippen molar-refractivity contribution in [3.8, 4) is 11.5 Å². The van der Waals surface area contributed by atoms with Crippen LogP contribution in [0.25, 0.3) is 0 Å². The van der Waals surface area contributed by atoms with E-state index in [1.165, 1.54) is 0 Å². The van der Waals surface area contributed by atoms with Gasteiger partial charge < -0.3 is 39.3 Å². The monoisotopic (exact) mass is 823 g/mol. The molecule has 3 aliphatic rings. The number of rotatable bonds is 21. The molecule has 6 rings (SSSR count). The number of nitrogens with one attached hydrogen (secondary N) is 1. The molecule has 1 fully saturated rings. The van der Waals surface area contributed by atoms with Crippen molar-refractivity contribution < 1.29 is 43.6 Å². The van der Waals surface area contributed by atoms with Crippen molar-refractivity contribution in [1.29, 1.82) is 0 Å². The summed E-state index contributed by atoms with van der Waals surface area (Å²) in [7, 11) is 0. The van der Waals surface area contributed by atoms with E-state index in [9.17, 15) is 19.8 Å². The summed E-state index contributed by atoms with van der Waals surface area (Å²) in [6.45, 7) is 9.24. The highest BCUT2D eigenvalue weighted by Crippen LogP contribution is 2.62. The van der Waals surface area contributed by atoms with Crippen molar-refractivity contribution >= 4 is 17.9 Å². The summed E-state index contributed by atoms with van der Waals surface area (Å²) in [4.78, 5) is 35.1. The number of hydrogen-bond acceptors (Lipinski definition) is 10. The Balaban J connectivity index is 1.52. The maximum Gasteiger partial charge on any atom is 0.412 e. The van der Waals surface area contributed by atoms with E-state index >= 15 is 0 Å². The van der Waals surface area contributed by atoms with Crippen LogP contribution in [-0.2, 0) is 27.5 Å². The molecule has 12 heteroatoms. The van der Waals surface area contributed by atoms with Crippen molar-refractivity contribution in [3.05, 3.63) is 120 Å². The van der Waals surface area contributed by atoms with E-state index in [-0.39, 0.29) is 57.2 Å². The lowest BCUT2D eigenvalue weighted by Gasteiger charge is -2.59. The predicted molar refractivity (Wildman–Crippen MR) is 230 cm³/mol. The Bertz CT molecular complexity index is 1920. The van der Waals surface area contributed by atoms with Gasteiger partial charge in [0.05, 0.1) is 24.8 Å². The lowest BCUT2D eigenvalue weighted by Crippen LogP contribution is -2.70. The minimum atomic E-state index is -1.42. The second-order valence-corrected chi connectivity index (χ2v) is 15.7. The molecular formula is C48H61N3O9. The van der Waals surface area contributed by atoms with Crippen molar-refractivity contribution in [1.82, 2.24) is 10.2 Å². The van der Waals surface area contributed by atoms with Gasteiger partial charge in [-0.3, -0.25) is 4.90 Å². The van der Waals surface area contributed by atoms with E-state index in [1.54, 1.807) is 24.0 Å². The van der Waals surface area contributed by atoms with E-state index in [0.29, 0.717) is 49.6 Å². The normalized spacial score (nSPS) is 23.3. The molecule has 3 aromatic carbocycles. The molecule has 3 N–H and O–H groups in total. The van der Waals surface area contributed by atoms with E-state index in [1.807, 2.05) is 79.7 Å². The van der Waals surface area contributed by atoms with Gasteiger partial charge in [0.25, 0.3) is 0 Å². The number of benzene rings is 3. The zero-order chi connectivity index (χ0) is 42.3. The molecule has 60 heavy (non-hydrogen) atoms. The van der Waals surface area contributed by atoms with Crippen LogP contribution in [0.3, 0.4) is 0 Å². The molecular weight excluding hydrogens is 763 g/mol. The Morgan fingerprint density at radius 3 is 2.37 bits per heavy atom. The van der Waals surface area contributed by atoms with E-state index < -0.39 is 29.9 Å². The number of aliphatic hydroxyl groups excluding tert-OH is 2. The molecule has 2 aliphatic carbocycles. The van der Waals surface area contributed by atoms with Crippen molar-refractivity contribution in [2.75, 3.05) is 33.0 Å². The molecule has 2 amide bonds. The molecule has 0 bridgehead atoms. The molecule has 12 nitrogen and oxygen atoms in total. The minimum Gasteiger partial charge on any atom is -0.459 e. The Hall–Kier alpha value is -5.17. The number of amides is 2. The number of ether oxygens (including phenoxy) is 4. The fourth-order valence-electron chi connectivity index (χ4n) is 9.21. The standard InChI is InChI=1S/C48H61N3O9/c1-4-25-51(47(55)56-6-3)43-31-41(50-58-33-35-19-11-8-12-20-35)39-29-36(21-13-15-26-52)38(22-14-16-27-53)44-40-30-37(59-46(54)49-32-34-17-9-7-10-18-34)23-24-42(40)60-48(43,45(39)44)57-28-5-2/h5,7-12,17-20,23-24,29-30,36,38,43-45,52-53H,2,4,6,13-16,21-22,25-28,31-33H2,1,3H3,(H,49,54)/t36-,38+,43-,44+,45+,48+/m0/s1. The third-order valence-electron chi connectivity index (χ3n) is 11.7. The SMILES string of the molecule is C=CCO[C@@]12Oc3ccc(OC(=O)NCc4ccccc4)cc3[C@H]3[C@H](CCCCO)[C@@H](CCCCO)C=C(C(=NOCc4ccccc4)C[C@@H]1N(CCC)C(=O)OCC)[C@H]32. The summed E-state index contributed by atoms with van der Waals surface area (Å²) in [5.41, 5.74) is 4.36. The molecule has 3 aromatic rings. The van der Waals surface area contributed by atoms with Crippen molar-refractivity contribution in [2.24, 2.45) is 22.9 Å². The number of aliphatic hydroxyl groups is 2. The summed E-state index contributed by atoms with van der Waals surface area (Å²) < 4.78 is 25.9. The smallest absolute Gasteiger partial charge is 0.412 e. The second-order valence-electron chi connectivity index (χ2n) is 15.7. The number of unbranched alkanes of at least 4 members (excludes halogenated alkanes) is 2. The largest absolute Gasteiger partial charge is 0.459 e. The van der Waals surface area contributed by atoms with Crippen LogP contribution in [0.5, 0.6) is 11.5 Å². The maximum absolute atomic E-state index is 14.0. The Labute approximate surface area is 354 Å². The van der Waals surface area contributed by atoms with Gasteiger partial charge >= 0.3 is 12.2 Å². The first-order chi connectivity index (χ1) is 29.4. The predicted octanol–water partition coefficient (Wildman–Crippen LogP) is 8.68. The van der Waals surface area contributed by atoms with Crippen LogP contribution in [0.15, 0.2) is 108 Å². The molecule has 6 atom stereocenters. The van der Waals surface area contributed by atoms with Gasteiger partial charge in [-0.05, 0) is 85.8 Å². The van der Waals surface area contributed by atoms with Crippen LogP contribution in [0, 0.1) is 17.8 Å². The average Bonchev–Trinajstić information content (AvgIpc) is 3.26. The van der Waals surface area contributed by atoms with Gasteiger partial charge in [-0.2, -0.15) is 0 Å². The molecule has 1 heterocycles. The number of hydrogen-bond donors (Lipinski definition) is 3. The highest BCUT2D eigenvalue weighted by atomic mass is 16.7. The maximum atomic E-state index is 14.0. The average molecular weight is 824 g/mol. The molecule has 322 valence electrons. The van der Waals surface area contributed by atoms with Gasteiger partial charge in [-0.1, -0.05) is 97.7 Å². The zero-order valence-electron chi connectivity index (χ0n) is 35.0. The van der Waals surface area contributed by atoms with E-state index in [0.717, 1.165) is 47.9 Å². The van der Waals surface area contributed by atoms with Crippen LogP contribution in [-0.4, -0.2) is 77.8 Å². The summed E-state index contributed by atoms with van der Waals surface area (Å²) in [6.07, 6.45) is 8.29. The van der Waals surface area contributed by atoms with Crippen LogP contribution >= 0.6 is 0 Å². The minimum absolute atomic E-state index is 0.00737. The third kappa shape index (κ3) is 10.4. The molecule has 0 spiro atoms. The van der Waals surface area contributed by atoms with Gasteiger partial charge in [0.2, 0.25) is 5.79 Å². The van der Waals surface area contributed by atoms with E-state index in [4.69, 9.17) is 28.9 Å². The fraction of sp³-hybridized carbons (Fsp3) is 0.479. The molecule has 1 saturated carbocycles. The van der Waals surface area contributed by atoms with Crippen LogP contribution in [0.4, 0.5) is 9.59 Å². The molecule has 0 unspecified atom stereocenters. The third-order valence-corrected chi connectivity index (χ3v) is 11.7. The summed E-state index contributed by atoms with van der Waals surface area (Å²) in [6, 6.07) is 24.2. The van der Waals surface area contributed by atoms with Crippen LogP contribution < -0.4 is 14.8 Å². The quantitative estimate of drug-likeness (QED) is 0.0545. The molecule has 0 saturated heterocycles. The molecule has 1 aliphatic heterocycles. The Morgan fingerprint density at radius 2 is 1.68 bits per heavy atom. The summed E-state index contributed by atoms with van der Waals surface area (Å²) in [5, 5.41) is 27.5. The highest BCUT2D eigenvalue weighted by Gasteiger charge is 2.65. The lowest BCUT2D eigenvalue weighted by atomic mass is 9.55. The number of nitrogens with zero attached hydrogens (tertiary/aromatic N) is 2. The van der Waals surface area contributed by atoms with Crippen LogP contribution in [0.2, 0.25) is 0 Å². The molecule has 0 radical (unpaired) electrons. The van der Waals surface area contributed by atoms with Gasteiger partial charge in [0.15, 0.2) is 0 Å². The summed E-state index contributed by atoms with van der Waals surface area (Å²) in [5.74, 6) is -1.23. The first-order valence-corrected chi connectivity index (χ1v) is 21.5. The first-order valence-electron chi connectivity index (χ1n) is 21.5. The Morgan fingerprint density at radius 1 is 0.967 bits per heavy atom. The fourth-order valence-corrected chi connectivity index (χ4v) is 9.21. The molecule has 0 aromatic heterocycles. The number of fused-ring (bicyclic) bond motifs is 2. The van der Waals surface area contributed by atoms with Gasteiger partial charge in [0, 0.05) is 44.2 Å². The lowest BCUT2D eigenvalue weighted by molar-refractivity contribution is -0.255. The number of carbonyl (C=O) groups is 2. The van der Waals surface area contributed by atoms with Gasteiger partial charge in [-0.25, -0.2) is 9.59 Å². The number of allylic oxidation sites excluding steroid dienone is 1.